The summed E-state index contributed by atoms with van der Waals surface area (Å²) in [4.78, 5) is 2.28. The number of nitrogens with zero attached hydrogens (tertiary/aromatic N) is 1. The van der Waals surface area contributed by atoms with E-state index in [1.165, 1.54) is 0 Å². The molecule has 1 saturated heterocycles. The molecule has 0 radical (unpaired) electrons. The van der Waals surface area contributed by atoms with E-state index in [0.29, 0.717) is 6.04 Å². The molecule has 3 heteroatoms. The van der Waals surface area contributed by atoms with Gasteiger partial charge in [-0.05, 0) is 20.3 Å². The van der Waals surface area contributed by atoms with Gasteiger partial charge in [-0.2, -0.15) is 0 Å². The van der Waals surface area contributed by atoms with Gasteiger partial charge in [0.1, 0.15) is 0 Å². The zero-order chi connectivity index (χ0) is 8.97. The second-order valence-electron chi connectivity index (χ2n) is 3.43. The molecule has 72 valence electrons. The van der Waals surface area contributed by atoms with E-state index in [0.717, 1.165) is 32.7 Å². The average molecular weight is 173 g/mol. The van der Waals surface area contributed by atoms with Gasteiger partial charge < -0.3 is 9.84 Å². The summed E-state index contributed by atoms with van der Waals surface area (Å²) in [5, 5.41) is 9.34. The van der Waals surface area contributed by atoms with Gasteiger partial charge in [-0.1, -0.05) is 0 Å². The summed E-state index contributed by atoms with van der Waals surface area (Å²) in [6.07, 6.45) is 0.785. The molecule has 12 heavy (non-hydrogen) atoms. The third-order valence-corrected chi connectivity index (χ3v) is 2.41. The smallest absolute Gasteiger partial charge is 0.0682 e. The predicted octanol–water partition coefficient (Wildman–Crippen LogP) is 0.478. The van der Waals surface area contributed by atoms with Crippen molar-refractivity contribution in [2.45, 2.75) is 32.4 Å². The number of hydrogen-bond acceptors (Lipinski definition) is 3. The van der Waals surface area contributed by atoms with Crippen LogP contribution in [0.2, 0.25) is 0 Å². The molecule has 1 fully saturated rings. The lowest BCUT2D eigenvalue weighted by Gasteiger charge is -2.19. The van der Waals surface area contributed by atoms with Crippen molar-refractivity contribution >= 4 is 0 Å². The minimum absolute atomic E-state index is 0.123. The Balaban J connectivity index is 2.15. The Morgan fingerprint density at radius 2 is 2.33 bits per heavy atom. The van der Waals surface area contributed by atoms with Crippen LogP contribution in [0.15, 0.2) is 0 Å². The fourth-order valence-corrected chi connectivity index (χ4v) is 1.71. The highest BCUT2D eigenvalue weighted by molar-refractivity contribution is 4.81. The molecule has 1 aliphatic heterocycles. The molecule has 0 unspecified atom stereocenters. The molecule has 0 spiro atoms. The Morgan fingerprint density at radius 3 is 2.83 bits per heavy atom. The second kappa shape index (κ2) is 4.80. The van der Waals surface area contributed by atoms with Crippen molar-refractivity contribution in [2.24, 2.45) is 0 Å². The van der Waals surface area contributed by atoms with Crippen molar-refractivity contribution in [3.63, 3.8) is 0 Å². The lowest BCUT2D eigenvalue weighted by Crippen LogP contribution is -2.31. The van der Waals surface area contributed by atoms with Gasteiger partial charge in [0.2, 0.25) is 0 Å². The molecule has 0 aromatic heterocycles. The van der Waals surface area contributed by atoms with Crippen LogP contribution in [0.25, 0.3) is 0 Å². The van der Waals surface area contributed by atoms with Crippen molar-refractivity contribution < 1.29 is 9.84 Å². The first-order valence-electron chi connectivity index (χ1n) is 4.74. The van der Waals surface area contributed by atoms with Crippen LogP contribution in [0.3, 0.4) is 0 Å². The van der Waals surface area contributed by atoms with Crippen LogP contribution in [0.1, 0.15) is 20.3 Å². The van der Waals surface area contributed by atoms with E-state index in [9.17, 15) is 5.11 Å². The maximum Gasteiger partial charge on any atom is 0.0682 e. The number of aliphatic hydroxyl groups excluding tert-OH is 1. The summed E-state index contributed by atoms with van der Waals surface area (Å²) in [6, 6.07) is 0.514. The van der Waals surface area contributed by atoms with Gasteiger partial charge >= 0.3 is 0 Å². The summed E-state index contributed by atoms with van der Waals surface area (Å²) in [7, 11) is 0. The van der Waals surface area contributed by atoms with E-state index >= 15 is 0 Å². The first kappa shape index (κ1) is 9.96. The normalized spacial score (nSPS) is 31.2. The van der Waals surface area contributed by atoms with Gasteiger partial charge in [-0.3, -0.25) is 4.90 Å². The summed E-state index contributed by atoms with van der Waals surface area (Å²) in [5.41, 5.74) is 0. The highest BCUT2D eigenvalue weighted by Crippen LogP contribution is 2.16. The van der Waals surface area contributed by atoms with Crippen molar-refractivity contribution in [1.29, 1.82) is 0 Å². The lowest BCUT2D eigenvalue weighted by molar-refractivity contribution is 0.105. The summed E-state index contributed by atoms with van der Waals surface area (Å²) < 4.78 is 5.26. The van der Waals surface area contributed by atoms with Crippen LogP contribution in [0, 0.1) is 0 Å². The molecule has 1 aliphatic rings. The molecule has 0 aliphatic carbocycles. The Bertz CT molecular complexity index is 130. The SMILES string of the molecule is CCOCCN1C[C@@H](O)C[C@H]1C. The van der Waals surface area contributed by atoms with Gasteiger partial charge in [0, 0.05) is 25.7 Å². The highest BCUT2D eigenvalue weighted by Gasteiger charge is 2.26. The van der Waals surface area contributed by atoms with E-state index in [1.54, 1.807) is 0 Å². The Morgan fingerprint density at radius 1 is 1.58 bits per heavy atom. The molecule has 0 bridgehead atoms. The van der Waals surface area contributed by atoms with Crippen LogP contribution in [-0.4, -0.2) is 48.5 Å². The van der Waals surface area contributed by atoms with Crippen LogP contribution < -0.4 is 0 Å². The van der Waals surface area contributed by atoms with Gasteiger partial charge in [0.05, 0.1) is 12.7 Å². The monoisotopic (exact) mass is 173 g/mol. The number of hydrogen-bond donors (Lipinski definition) is 1. The minimum atomic E-state index is -0.123. The van der Waals surface area contributed by atoms with Crippen molar-refractivity contribution in [2.75, 3.05) is 26.3 Å². The van der Waals surface area contributed by atoms with Crippen LogP contribution in [0.4, 0.5) is 0 Å². The molecule has 1 heterocycles. The molecule has 0 aromatic carbocycles. The van der Waals surface area contributed by atoms with Crippen molar-refractivity contribution in [1.82, 2.24) is 4.90 Å². The van der Waals surface area contributed by atoms with Crippen LogP contribution in [0.5, 0.6) is 0 Å². The molecular weight excluding hydrogens is 154 g/mol. The molecule has 1 N–H and O–H groups in total. The average Bonchev–Trinajstić information content (AvgIpc) is 2.31. The van der Waals surface area contributed by atoms with Crippen LogP contribution >= 0.6 is 0 Å². The molecule has 1 rings (SSSR count). The molecule has 0 aromatic rings. The van der Waals surface area contributed by atoms with Gasteiger partial charge in [0.25, 0.3) is 0 Å². The third kappa shape index (κ3) is 2.73. The van der Waals surface area contributed by atoms with Gasteiger partial charge in [-0.15, -0.1) is 0 Å². The predicted molar refractivity (Wildman–Crippen MR) is 48.2 cm³/mol. The largest absolute Gasteiger partial charge is 0.392 e. The summed E-state index contributed by atoms with van der Waals surface area (Å²) in [6.45, 7) is 7.49. The number of aliphatic hydroxyl groups is 1. The van der Waals surface area contributed by atoms with E-state index in [2.05, 4.69) is 11.8 Å². The van der Waals surface area contributed by atoms with E-state index in [4.69, 9.17) is 4.74 Å². The number of rotatable bonds is 4. The first-order chi connectivity index (χ1) is 5.74. The maximum absolute atomic E-state index is 9.34. The molecule has 2 atom stereocenters. The van der Waals surface area contributed by atoms with E-state index in [-0.39, 0.29) is 6.10 Å². The molecule has 3 nitrogen and oxygen atoms in total. The Hall–Kier alpha value is -0.120. The third-order valence-electron chi connectivity index (χ3n) is 2.41. The lowest BCUT2D eigenvalue weighted by atomic mass is 10.2. The first-order valence-corrected chi connectivity index (χ1v) is 4.74. The molecule has 0 saturated carbocycles. The number of likely N-dealkylation sites (tertiary alicyclic amines) is 1. The quantitative estimate of drug-likeness (QED) is 0.628. The Labute approximate surface area is 74.3 Å². The summed E-state index contributed by atoms with van der Waals surface area (Å²) in [5.74, 6) is 0. The zero-order valence-corrected chi connectivity index (χ0v) is 7.99. The van der Waals surface area contributed by atoms with E-state index in [1.807, 2.05) is 6.92 Å². The van der Waals surface area contributed by atoms with Crippen LogP contribution in [-0.2, 0) is 4.74 Å². The topological polar surface area (TPSA) is 32.7 Å². The maximum atomic E-state index is 9.34. The Kier molecular flexibility index (Phi) is 3.98. The highest BCUT2D eigenvalue weighted by atomic mass is 16.5. The number of ether oxygens (including phenoxy) is 1. The van der Waals surface area contributed by atoms with Gasteiger partial charge in [0.15, 0.2) is 0 Å². The molecular formula is C9H19NO2. The number of β-amino-alcohol motifs (C(OH)–C–C–N with tert-alkyl or cyclic N) is 1. The minimum Gasteiger partial charge on any atom is -0.392 e. The van der Waals surface area contributed by atoms with E-state index < -0.39 is 0 Å². The second-order valence-corrected chi connectivity index (χ2v) is 3.43. The zero-order valence-electron chi connectivity index (χ0n) is 7.99. The molecule has 0 amide bonds. The fraction of sp³-hybridized carbons (Fsp3) is 1.00. The fourth-order valence-electron chi connectivity index (χ4n) is 1.71. The van der Waals surface area contributed by atoms with Crippen molar-refractivity contribution in [3.05, 3.63) is 0 Å². The van der Waals surface area contributed by atoms with Gasteiger partial charge in [-0.25, -0.2) is 0 Å². The van der Waals surface area contributed by atoms with Crippen molar-refractivity contribution in [3.8, 4) is 0 Å². The summed E-state index contributed by atoms with van der Waals surface area (Å²) >= 11 is 0. The standard InChI is InChI=1S/C9H19NO2/c1-3-12-5-4-10-7-9(11)6-8(10)2/h8-9,11H,3-7H2,1-2H3/t8-,9+/m1/s1.